The van der Waals surface area contributed by atoms with E-state index in [9.17, 15) is 9.59 Å². The zero-order valence-corrected chi connectivity index (χ0v) is 14.4. The van der Waals surface area contributed by atoms with Crippen LogP contribution < -0.4 is 0 Å². The Morgan fingerprint density at radius 1 is 1.43 bits per heavy atom. The maximum absolute atomic E-state index is 12.7. The van der Waals surface area contributed by atoms with E-state index in [1.807, 2.05) is 18.2 Å². The van der Waals surface area contributed by atoms with Crippen molar-refractivity contribution in [2.45, 2.75) is 42.9 Å². The number of thioether (sulfide) groups is 1. The molecule has 1 saturated carbocycles. The van der Waals surface area contributed by atoms with Crippen LogP contribution in [0.25, 0.3) is 0 Å². The molecule has 0 spiro atoms. The van der Waals surface area contributed by atoms with Gasteiger partial charge >= 0.3 is 5.97 Å². The summed E-state index contributed by atoms with van der Waals surface area (Å²) in [5.74, 6) is -0.0538. The molecule has 1 heterocycles. The quantitative estimate of drug-likeness (QED) is 0.563. The van der Waals surface area contributed by atoms with Crippen LogP contribution in [-0.2, 0) is 14.3 Å². The topological polar surface area (TPSA) is 56.3 Å². The molecule has 1 aromatic heterocycles. The monoisotopic (exact) mass is 333 g/mol. The molecule has 3 unspecified atom stereocenters. The minimum Gasteiger partial charge on any atom is -0.469 e. The van der Waals surface area contributed by atoms with Crippen LogP contribution in [-0.4, -0.2) is 29.1 Å². The third-order valence-corrected chi connectivity index (χ3v) is 5.31. The van der Waals surface area contributed by atoms with Gasteiger partial charge in [-0.15, -0.1) is 0 Å². The van der Waals surface area contributed by atoms with Gasteiger partial charge in [-0.25, -0.2) is 4.98 Å². The molecular weight excluding hydrogens is 310 g/mol. The summed E-state index contributed by atoms with van der Waals surface area (Å²) in [6, 6.07) is 5.69. The van der Waals surface area contributed by atoms with E-state index in [4.69, 9.17) is 4.74 Å². The van der Waals surface area contributed by atoms with E-state index in [0.717, 1.165) is 11.4 Å². The predicted octanol–water partition coefficient (Wildman–Crippen LogP) is 3.67. The van der Waals surface area contributed by atoms with E-state index in [-0.39, 0.29) is 28.8 Å². The lowest BCUT2D eigenvalue weighted by Gasteiger charge is -2.15. The van der Waals surface area contributed by atoms with Gasteiger partial charge in [-0.1, -0.05) is 36.9 Å². The number of Topliss-reactive ketones (excluding diaryl/α,β-unsaturated/α-hetero) is 1. The highest BCUT2D eigenvalue weighted by Gasteiger charge is 2.42. The second-order valence-electron chi connectivity index (χ2n) is 5.67. The Balaban J connectivity index is 2.08. The highest BCUT2D eigenvalue weighted by atomic mass is 32.2. The van der Waals surface area contributed by atoms with Crippen LogP contribution in [0.3, 0.4) is 0 Å². The summed E-state index contributed by atoms with van der Waals surface area (Å²) in [5.41, 5.74) is 0. The van der Waals surface area contributed by atoms with E-state index in [2.05, 4.69) is 24.1 Å². The largest absolute Gasteiger partial charge is 0.469 e. The van der Waals surface area contributed by atoms with Crippen LogP contribution in [0.4, 0.5) is 0 Å². The summed E-state index contributed by atoms with van der Waals surface area (Å²) >= 11 is 1.50. The zero-order valence-electron chi connectivity index (χ0n) is 13.6. The first-order valence-electron chi connectivity index (χ1n) is 7.99. The second kappa shape index (κ2) is 8.87. The molecule has 0 N–H and O–H groups in total. The molecule has 0 radical (unpaired) electrons. The fraction of sp³-hybridized carbons (Fsp3) is 0.500. The Morgan fingerprint density at radius 3 is 2.91 bits per heavy atom. The van der Waals surface area contributed by atoms with E-state index >= 15 is 0 Å². The number of rotatable bonds is 7. The molecule has 23 heavy (non-hydrogen) atoms. The molecule has 0 amide bonds. The van der Waals surface area contributed by atoms with Gasteiger partial charge in [-0.2, -0.15) is 0 Å². The predicted molar refractivity (Wildman–Crippen MR) is 91.2 cm³/mol. The van der Waals surface area contributed by atoms with Gasteiger partial charge in [0.15, 0.2) is 0 Å². The maximum atomic E-state index is 12.7. The first kappa shape index (κ1) is 17.7. The SMILES string of the molecule is CC/C=C/CC1C(=O)C(Sc2ccccn2)CC1CC(=O)OC. The fourth-order valence-electron chi connectivity index (χ4n) is 2.94. The average Bonchev–Trinajstić information content (AvgIpc) is 2.84. The summed E-state index contributed by atoms with van der Waals surface area (Å²) in [4.78, 5) is 28.7. The van der Waals surface area contributed by atoms with Crippen molar-refractivity contribution in [2.24, 2.45) is 11.8 Å². The van der Waals surface area contributed by atoms with Gasteiger partial charge in [0, 0.05) is 18.5 Å². The van der Waals surface area contributed by atoms with Gasteiger partial charge < -0.3 is 4.74 Å². The van der Waals surface area contributed by atoms with Gasteiger partial charge in [0.25, 0.3) is 0 Å². The Labute approximate surface area is 141 Å². The second-order valence-corrected chi connectivity index (χ2v) is 6.90. The highest BCUT2D eigenvalue weighted by Crippen LogP contribution is 2.41. The first-order chi connectivity index (χ1) is 11.2. The van der Waals surface area contributed by atoms with Crippen LogP contribution in [0.1, 0.15) is 32.6 Å². The number of pyridine rings is 1. The highest BCUT2D eigenvalue weighted by molar-refractivity contribution is 8.00. The van der Waals surface area contributed by atoms with E-state index in [0.29, 0.717) is 19.3 Å². The fourth-order valence-corrected chi connectivity index (χ4v) is 4.14. The Kier molecular flexibility index (Phi) is 6.84. The third kappa shape index (κ3) is 4.93. The summed E-state index contributed by atoms with van der Waals surface area (Å²) in [6.45, 7) is 2.07. The summed E-state index contributed by atoms with van der Waals surface area (Å²) in [6.07, 6.45) is 8.53. The number of nitrogens with zero attached hydrogens (tertiary/aromatic N) is 1. The molecular formula is C18H23NO3S. The molecule has 0 saturated heterocycles. The molecule has 0 bridgehead atoms. The number of ether oxygens (including phenoxy) is 1. The number of allylic oxidation sites excluding steroid dienone is 2. The number of methoxy groups -OCH3 is 1. The van der Waals surface area contributed by atoms with Crippen LogP contribution in [0.2, 0.25) is 0 Å². The molecule has 1 aliphatic carbocycles. The van der Waals surface area contributed by atoms with Crippen LogP contribution in [0.5, 0.6) is 0 Å². The van der Waals surface area contributed by atoms with Crippen molar-refractivity contribution in [1.82, 2.24) is 4.98 Å². The molecule has 1 aromatic rings. The molecule has 4 nitrogen and oxygen atoms in total. The van der Waals surface area contributed by atoms with Crippen molar-refractivity contribution in [1.29, 1.82) is 0 Å². The third-order valence-electron chi connectivity index (χ3n) is 4.12. The average molecular weight is 333 g/mol. The van der Waals surface area contributed by atoms with Gasteiger partial charge in [0.05, 0.1) is 17.4 Å². The van der Waals surface area contributed by atoms with E-state index in [1.54, 1.807) is 6.20 Å². The number of hydrogen-bond acceptors (Lipinski definition) is 5. The van der Waals surface area contributed by atoms with Gasteiger partial charge in [-0.3, -0.25) is 9.59 Å². The Bertz CT molecular complexity index is 559. The van der Waals surface area contributed by atoms with Gasteiger partial charge in [0.2, 0.25) is 0 Å². The molecule has 2 rings (SSSR count). The molecule has 1 fully saturated rings. The number of aromatic nitrogens is 1. The standard InChI is InChI=1S/C18H23NO3S/c1-3-4-5-8-14-13(12-17(20)22-2)11-15(18(14)21)23-16-9-6-7-10-19-16/h4-7,9-10,13-15H,3,8,11-12H2,1-2H3/b5-4+. The summed E-state index contributed by atoms with van der Waals surface area (Å²) in [5, 5.41) is 0.729. The minimum absolute atomic E-state index is 0.0534. The van der Waals surface area contributed by atoms with E-state index in [1.165, 1.54) is 18.9 Å². The first-order valence-corrected chi connectivity index (χ1v) is 8.86. The summed E-state index contributed by atoms with van der Waals surface area (Å²) < 4.78 is 4.79. The lowest BCUT2D eigenvalue weighted by molar-refractivity contribution is -0.142. The molecule has 0 aromatic carbocycles. The number of carbonyl (C=O) groups excluding carboxylic acids is 2. The van der Waals surface area contributed by atoms with Crippen molar-refractivity contribution < 1.29 is 14.3 Å². The van der Waals surface area contributed by atoms with E-state index < -0.39 is 0 Å². The summed E-state index contributed by atoms with van der Waals surface area (Å²) in [7, 11) is 1.39. The van der Waals surface area contributed by atoms with Crippen LogP contribution in [0.15, 0.2) is 41.6 Å². The van der Waals surface area contributed by atoms with Gasteiger partial charge in [-0.05, 0) is 37.3 Å². The van der Waals surface area contributed by atoms with Crippen LogP contribution in [0, 0.1) is 11.8 Å². The number of carbonyl (C=O) groups is 2. The molecule has 5 heteroatoms. The Morgan fingerprint density at radius 2 is 2.26 bits per heavy atom. The van der Waals surface area contributed by atoms with Crippen molar-refractivity contribution in [3.05, 3.63) is 36.5 Å². The number of esters is 1. The molecule has 0 aliphatic heterocycles. The van der Waals surface area contributed by atoms with Crippen molar-refractivity contribution in [2.75, 3.05) is 7.11 Å². The lowest BCUT2D eigenvalue weighted by Crippen LogP contribution is -2.19. The number of ketones is 1. The maximum Gasteiger partial charge on any atom is 0.305 e. The van der Waals surface area contributed by atoms with Crippen molar-refractivity contribution >= 4 is 23.5 Å². The number of hydrogen-bond donors (Lipinski definition) is 0. The van der Waals surface area contributed by atoms with Gasteiger partial charge in [0.1, 0.15) is 5.78 Å². The van der Waals surface area contributed by atoms with Crippen LogP contribution >= 0.6 is 11.8 Å². The zero-order chi connectivity index (χ0) is 16.7. The smallest absolute Gasteiger partial charge is 0.305 e. The molecule has 3 atom stereocenters. The van der Waals surface area contributed by atoms with Crippen molar-refractivity contribution in [3.8, 4) is 0 Å². The molecule has 124 valence electrons. The van der Waals surface area contributed by atoms with Crippen molar-refractivity contribution in [3.63, 3.8) is 0 Å². The molecule has 1 aliphatic rings. The normalized spacial score (nSPS) is 24.3. The lowest BCUT2D eigenvalue weighted by atomic mass is 9.89. The Hall–Kier alpha value is -1.62. The minimum atomic E-state index is -0.240.